The molecule has 26 heteroatoms. The molecule has 0 aliphatic carbocycles. The Balaban J connectivity index is 1.33. The van der Waals surface area contributed by atoms with Crippen LogP contribution in [0.5, 0.6) is 23.0 Å². The van der Waals surface area contributed by atoms with Crippen LogP contribution < -0.4 is 27.1 Å². The summed E-state index contributed by atoms with van der Waals surface area (Å²) in [5.74, 6) is -9.61. The Morgan fingerprint density at radius 1 is 0.632 bits per heavy atom. The number of morpholine rings is 1. The summed E-state index contributed by atoms with van der Waals surface area (Å²) in [6, 6.07) is 20.0. The van der Waals surface area contributed by atoms with E-state index in [4.69, 9.17) is 37.3 Å². The molecule has 0 spiro atoms. The highest BCUT2D eigenvalue weighted by molar-refractivity contribution is 7.89. The standard InChI is InChI=1S/C50H48N12O12S2/c51-45(52)23-1-5-35-37(19-23)60-47(58-35)33-17-25(15-31(43(33)65)29-21-27(75(55,70)71)3-7-39(29)63)41(49(67)57-9-10-62-11-13-74-14-12-62)42(50(68)69)26-16-32(30-22-28(76(56,72)73)4-8-40(30)64)44(66)34(18-26)48-59-36-6-2-24(46(53)54)20-38(36)61-48/h1-8,15-22,41-42,63-66H,9-14H2,(H3,51,52)(H3,53,54)(H,57,67)(H,58,60)(H,59,61)(H,68,69)(H2,55,70,71)(H2,56,72,73). The number of carboxylic acids is 1. The number of nitrogens with two attached hydrogens (primary N) is 4. The van der Waals surface area contributed by atoms with Gasteiger partial charge in [-0.15, -0.1) is 0 Å². The highest BCUT2D eigenvalue weighted by Gasteiger charge is 2.39. The molecule has 1 saturated heterocycles. The van der Waals surface area contributed by atoms with Crippen LogP contribution in [0, 0.1) is 10.8 Å². The van der Waals surface area contributed by atoms with Gasteiger partial charge in [-0.25, -0.2) is 37.1 Å². The van der Waals surface area contributed by atoms with E-state index < -0.39 is 76.5 Å². The number of carbonyl (C=O) groups excluding carboxylic acids is 1. The lowest BCUT2D eigenvalue weighted by Crippen LogP contribution is -2.43. The number of fused-ring (bicyclic) bond motifs is 2. The third kappa shape index (κ3) is 10.3. The zero-order chi connectivity index (χ0) is 54.5. The monoisotopic (exact) mass is 1070 g/mol. The molecule has 1 aliphatic rings. The number of phenolic OH excluding ortho intramolecular Hbond substituents is 4. The van der Waals surface area contributed by atoms with E-state index >= 15 is 4.79 Å². The summed E-state index contributed by atoms with van der Waals surface area (Å²) in [4.78, 5) is 46.0. The number of aromatic nitrogens is 4. The van der Waals surface area contributed by atoms with Crippen molar-refractivity contribution in [2.24, 2.45) is 21.7 Å². The maximum absolute atomic E-state index is 15.3. The van der Waals surface area contributed by atoms with Crippen molar-refractivity contribution in [3.05, 3.63) is 119 Å². The maximum atomic E-state index is 15.3. The molecule has 6 aromatic carbocycles. The van der Waals surface area contributed by atoms with E-state index in [9.17, 15) is 47.2 Å². The fourth-order valence-corrected chi connectivity index (χ4v) is 10.2. The predicted octanol–water partition coefficient (Wildman–Crippen LogP) is 3.19. The van der Waals surface area contributed by atoms with Crippen molar-refractivity contribution >= 4 is 65.7 Å². The predicted molar refractivity (Wildman–Crippen MR) is 279 cm³/mol. The number of nitrogens with one attached hydrogen (secondary N) is 5. The number of phenols is 4. The van der Waals surface area contributed by atoms with Crippen LogP contribution >= 0.6 is 0 Å². The highest BCUT2D eigenvalue weighted by Crippen LogP contribution is 2.49. The van der Waals surface area contributed by atoms with Crippen LogP contribution in [0.25, 0.3) is 67.1 Å². The van der Waals surface area contributed by atoms with Crippen LogP contribution in [0.2, 0.25) is 0 Å². The zero-order valence-corrected chi connectivity index (χ0v) is 41.3. The largest absolute Gasteiger partial charge is 0.507 e. The van der Waals surface area contributed by atoms with Gasteiger partial charge in [0.05, 0.1) is 68.0 Å². The van der Waals surface area contributed by atoms with E-state index in [2.05, 4.69) is 25.3 Å². The molecule has 392 valence electrons. The summed E-state index contributed by atoms with van der Waals surface area (Å²) < 4.78 is 56.3. The number of aromatic amines is 2. The molecule has 1 amide bonds. The van der Waals surface area contributed by atoms with E-state index in [1.165, 1.54) is 36.4 Å². The van der Waals surface area contributed by atoms with E-state index in [-0.39, 0.29) is 85.4 Å². The number of primary sulfonamides is 2. The van der Waals surface area contributed by atoms with Gasteiger partial charge in [0.15, 0.2) is 0 Å². The second kappa shape index (κ2) is 20.1. The quantitative estimate of drug-likeness (QED) is 0.0488. The third-order valence-electron chi connectivity index (χ3n) is 13.0. The van der Waals surface area contributed by atoms with Crippen molar-refractivity contribution in [2.75, 3.05) is 39.4 Å². The second-order valence-electron chi connectivity index (χ2n) is 17.9. The number of benzene rings is 6. The lowest BCUT2D eigenvalue weighted by atomic mass is 9.77. The topological polar surface area (TPSA) is 437 Å². The summed E-state index contributed by atoms with van der Waals surface area (Å²) in [5.41, 5.74) is 11.3. The van der Waals surface area contributed by atoms with E-state index in [1.807, 2.05) is 4.90 Å². The Bertz CT molecular complexity index is 3950. The minimum atomic E-state index is -4.46. The fraction of sp³-hybridized carbons (Fsp3) is 0.160. The molecule has 0 radical (unpaired) electrons. The number of ether oxygens (including phenoxy) is 1. The number of carbonyl (C=O) groups is 2. The first-order valence-corrected chi connectivity index (χ1v) is 26.0. The summed E-state index contributed by atoms with van der Waals surface area (Å²) in [5, 5.41) is 88.6. The van der Waals surface area contributed by atoms with Gasteiger partial charge >= 0.3 is 5.97 Å². The van der Waals surface area contributed by atoms with E-state index in [0.29, 0.717) is 55.0 Å². The third-order valence-corrected chi connectivity index (χ3v) is 14.8. The van der Waals surface area contributed by atoms with Crippen LogP contribution in [0.1, 0.15) is 34.1 Å². The first-order valence-electron chi connectivity index (χ1n) is 22.9. The van der Waals surface area contributed by atoms with Gasteiger partial charge in [0.2, 0.25) is 26.0 Å². The van der Waals surface area contributed by atoms with Crippen LogP contribution in [0.15, 0.2) is 107 Å². The number of nitrogens with zero attached hydrogens (tertiary/aromatic N) is 3. The number of imidazole rings is 2. The van der Waals surface area contributed by atoms with Crippen molar-refractivity contribution in [3.63, 3.8) is 0 Å². The van der Waals surface area contributed by atoms with Gasteiger partial charge in [-0.3, -0.25) is 25.3 Å². The summed E-state index contributed by atoms with van der Waals surface area (Å²) >= 11 is 0. The Morgan fingerprint density at radius 2 is 1.07 bits per heavy atom. The number of rotatable bonds is 16. The van der Waals surface area contributed by atoms with E-state index in [1.54, 1.807) is 18.2 Å². The van der Waals surface area contributed by atoms with Gasteiger partial charge in [-0.1, -0.05) is 0 Å². The molecule has 24 nitrogen and oxygen atoms in total. The Labute approximate surface area is 431 Å². The van der Waals surface area contributed by atoms with Crippen LogP contribution in [-0.2, 0) is 34.4 Å². The van der Waals surface area contributed by atoms with Gasteiger partial charge in [0.25, 0.3) is 0 Å². The highest BCUT2D eigenvalue weighted by atomic mass is 32.2. The number of hydrogen-bond acceptors (Lipinski definition) is 16. The minimum Gasteiger partial charge on any atom is -0.507 e. The Kier molecular flexibility index (Phi) is 13.7. The molecule has 3 heterocycles. The van der Waals surface area contributed by atoms with Crippen LogP contribution in [-0.4, -0.2) is 130 Å². The fourth-order valence-electron chi connectivity index (χ4n) is 9.11. The summed E-state index contributed by atoms with van der Waals surface area (Å²) in [6.07, 6.45) is 0. The Morgan fingerprint density at radius 3 is 1.49 bits per heavy atom. The van der Waals surface area contributed by atoms with Crippen molar-refractivity contribution in [1.29, 1.82) is 10.8 Å². The molecule has 1 aliphatic heterocycles. The molecule has 0 bridgehead atoms. The molecule has 2 unspecified atom stereocenters. The first kappa shape index (κ1) is 52.0. The number of sulfonamides is 2. The second-order valence-corrected chi connectivity index (χ2v) is 21.0. The number of amidine groups is 2. The van der Waals surface area contributed by atoms with Gasteiger partial charge in [0, 0.05) is 59.6 Å². The molecule has 76 heavy (non-hydrogen) atoms. The Hall–Kier alpha value is -8.92. The van der Waals surface area contributed by atoms with E-state index in [0.717, 1.165) is 42.5 Å². The SMILES string of the molecule is N=C(N)c1ccc2[nH]c(-c3cc(C(C(=O)O)C(C(=O)NCCN4CCOCC4)c4cc(-c5nc6cc(C(=N)N)ccc6[nH]5)c(O)c(-c5cc(S(N)(=O)=O)ccc5O)c4)cc(-c4cc(S(N)(=O)=O)ccc4O)c3O)nc2c1. The molecular weight excluding hydrogens is 1020 g/mol. The molecule has 18 N–H and O–H groups in total. The number of H-pyrrole nitrogens is 2. The summed E-state index contributed by atoms with van der Waals surface area (Å²) in [6.45, 7) is 2.19. The smallest absolute Gasteiger partial charge is 0.312 e. The average molecular weight is 1070 g/mol. The van der Waals surface area contributed by atoms with Crippen LogP contribution in [0.3, 0.4) is 0 Å². The van der Waals surface area contributed by atoms with Crippen molar-refractivity contribution in [2.45, 2.75) is 21.6 Å². The molecule has 8 aromatic rings. The maximum Gasteiger partial charge on any atom is 0.312 e. The van der Waals surface area contributed by atoms with Gasteiger partial charge in [-0.05, 0) is 108 Å². The molecule has 2 atom stereocenters. The normalized spacial score (nSPS) is 14.1. The van der Waals surface area contributed by atoms with Gasteiger partial charge < -0.3 is 57.0 Å². The number of aromatic hydroxyl groups is 4. The number of nitrogen functional groups attached to an aromatic ring is 2. The number of amides is 1. The number of hydrogen-bond donors (Lipinski definition) is 14. The number of aliphatic carboxylic acids is 1. The molecular formula is C50H48N12O12S2. The zero-order valence-electron chi connectivity index (χ0n) is 39.7. The molecule has 2 aromatic heterocycles. The van der Waals surface area contributed by atoms with Crippen LogP contribution in [0.4, 0.5) is 0 Å². The van der Waals surface area contributed by atoms with Crippen molar-refractivity contribution < 1.29 is 56.7 Å². The minimum absolute atomic E-state index is 0.0275. The van der Waals surface area contributed by atoms with Crippen molar-refractivity contribution in [1.82, 2.24) is 30.2 Å². The molecule has 9 rings (SSSR count). The van der Waals surface area contributed by atoms with Crippen molar-refractivity contribution in [3.8, 4) is 68.0 Å². The summed E-state index contributed by atoms with van der Waals surface area (Å²) in [7, 11) is -8.91. The van der Waals surface area contributed by atoms with Gasteiger partial charge in [-0.2, -0.15) is 0 Å². The number of carboxylic acid groups (broad SMARTS) is 1. The lowest BCUT2D eigenvalue weighted by molar-refractivity contribution is -0.141. The molecule has 0 saturated carbocycles. The lowest BCUT2D eigenvalue weighted by Gasteiger charge is -2.29. The first-order chi connectivity index (χ1) is 36.0. The van der Waals surface area contributed by atoms with Gasteiger partial charge in [0.1, 0.15) is 46.3 Å². The average Bonchev–Trinajstić information content (AvgIpc) is 4.01. The molecule has 1 fully saturated rings.